The predicted octanol–water partition coefficient (Wildman–Crippen LogP) is 3.63. The van der Waals surface area contributed by atoms with Gasteiger partial charge in [-0.25, -0.2) is 0 Å². The van der Waals surface area contributed by atoms with E-state index in [1.807, 2.05) is 18.2 Å². The van der Waals surface area contributed by atoms with Crippen LogP contribution in [0.4, 0.5) is 11.4 Å². The lowest BCUT2D eigenvalue weighted by molar-refractivity contribution is -0.114. The zero-order valence-electron chi connectivity index (χ0n) is 11.9. The molecule has 1 aliphatic rings. The van der Waals surface area contributed by atoms with E-state index in [2.05, 4.69) is 33.5 Å². The minimum Gasteiger partial charge on any atom is -0.381 e. The van der Waals surface area contributed by atoms with Crippen molar-refractivity contribution in [3.63, 3.8) is 0 Å². The van der Waals surface area contributed by atoms with Gasteiger partial charge in [0.15, 0.2) is 0 Å². The van der Waals surface area contributed by atoms with Gasteiger partial charge >= 0.3 is 0 Å². The zero-order chi connectivity index (χ0) is 14.5. The summed E-state index contributed by atoms with van der Waals surface area (Å²) < 4.78 is 6.36. The molecule has 1 amide bonds. The lowest BCUT2D eigenvalue weighted by atomic mass is 9.93. The van der Waals surface area contributed by atoms with Gasteiger partial charge in [-0.1, -0.05) is 0 Å². The SMILES string of the molecule is CC(=O)Nc1ccc(N[C@@H](C)C2CCOCC2)c(Br)c1. The molecule has 0 bridgehead atoms. The lowest BCUT2D eigenvalue weighted by Crippen LogP contribution is -2.31. The molecule has 1 fully saturated rings. The number of benzene rings is 1. The van der Waals surface area contributed by atoms with Crippen LogP contribution < -0.4 is 10.6 Å². The molecule has 110 valence electrons. The highest BCUT2D eigenvalue weighted by atomic mass is 79.9. The molecule has 1 aliphatic heterocycles. The third kappa shape index (κ3) is 4.21. The highest BCUT2D eigenvalue weighted by molar-refractivity contribution is 9.10. The molecule has 4 nitrogen and oxygen atoms in total. The molecule has 1 heterocycles. The lowest BCUT2D eigenvalue weighted by Gasteiger charge is -2.29. The molecule has 0 aliphatic carbocycles. The van der Waals surface area contributed by atoms with Crippen molar-refractivity contribution in [2.75, 3.05) is 23.8 Å². The summed E-state index contributed by atoms with van der Waals surface area (Å²) in [4.78, 5) is 11.0. The highest BCUT2D eigenvalue weighted by Crippen LogP contribution is 2.29. The van der Waals surface area contributed by atoms with Gasteiger partial charge in [-0.15, -0.1) is 0 Å². The van der Waals surface area contributed by atoms with Gasteiger partial charge in [0.05, 0.1) is 0 Å². The number of carbonyl (C=O) groups is 1. The maximum absolute atomic E-state index is 11.0. The van der Waals surface area contributed by atoms with Crippen molar-refractivity contribution in [1.82, 2.24) is 0 Å². The van der Waals surface area contributed by atoms with Crippen LogP contribution >= 0.6 is 15.9 Å². The summed E-state index contributed by atoms with van der Waals surface area (Å²) in [5.41, 5.74) is 1.85. The van der Waals surface area contributed by atoms with E-state index < -0.39 is 0 Å². The van der Waals surface area contributed by atoms with Gasteiger partial charge < -0.3 is 15.4 Å². The van der Waals surface area contributed by atoms with E-state index in [1.54, 1.807) is 0 Å². The maximum Gasteiger partial charge on any atom is 0.221 e. The van der Waals surface area contributed by atoms with Crippen molar-refractivity contribution in [3.8, 4) is 0 Å². The Balaban J connectivity index is 1.99. The minimum absolute atomic E-state index is 0.0619. The third-order valence-electron chi connectivity index (χ3n) is 3.65. The van der Waals surface area contributed by atoms with Crippen molar-refractivity contribution in [1.29, 1.82) is 0 Å². The standard InChI is InChI=1S/C15H21BrN2O2/c1-10(12-5-7-20-8-6-12)17-15-4-3-13(9-14(15)16)18-11(2)19/h3-4,9-10,12,17H,5-8H2,1-2H3,(H,18,19)/t10-/m0/s1. The molecule has 0 saturated carbocycles. The van der Waals surface area contributed by atoms with E-state index in [4.69, 9.17) is 4.74 Å². The van der Waals surface area contributed by atoms with Crippen LogP contribution in [0.2, 0.25) is 0 Å². The predicted molar refractivity (Wildman–Crippen MR) is 85.1 cm³/mol. The molecule has 0 unspecified atom stereocenters. The summed E-state index contributed by atoms with van der Waals surface area (Å²) in [7, 11) is 0. The molecular weight excluding hydrogens is 320 g/mol. The molecule has 2 N–H and O–H groups in total. The molecule has 1 atom stereocenters. The second kappa shape index (κ2) is 7.09. The number of carbonyl (C=O) groups excluding carboxylic acids is 1. The fourth-order valence-corrected chi connectivity index (χ4v) is 2.99. The number of rotatable bonds is 4. The first kappa shape index (κ1) is 15.3. The Morgan fingerprint density at radius 2 is 2.10 bits per heavy atom. The highest BCUT2D eigenvalue weighted by Gasteiger charge is 2.20. The molecule has 0 radical (unpaired) electrons. The van der Waals surface area contributed by atoms with Crippen molar-refractivity contribution >= 4 is 33.2 Å². The fraction of sp³-hybridized carbons (Fsp3) is 0.533. The molecule has 0 spiro atoms. The van der Waals surface area contributed by atoms with Crippen LogP contribution in [0, 0.1) is 5.92 Å². The third-order valence-corrected chi connectivity index (χ3v) is 4.30. The van der Waals surface area contributed by atoms with E-state index in [0.29, 0.717) is 12.0 Å². The first-order chi connectivity index (χ1) is 9.56. The number of hydrogen-bond donors (Lipinski definition) is 2. The average molecular weight is 341 g/mol. The number of ether oxygens (including phenoxy) is 1. The Kier molecular flexibility index (Phi) is 5.43. The van der Waals surface area contributed by atoms with Gasteiger partial charge in [-0.3, -0.25) is 4.79 Å². The summed E-state index contributed by atoms with van der Waals surface area (Å²) in [6.45, 7) is 5.44. The van der Waals surface area contributed by atoms with E-state index in [9.17, 15) is 4.79 Å². The van der Waals surface area contributed by atoms with Crippen molar-refractivity contribution in [3.05, 3.63) is 22.7 Å². The van der Waals surface area contributed by atoms with E-state index in [1.165, 1.54) is 6.92 Å². The monoisotopic (exact) mass is 340 g/mol. The Morgan fingerprint density at radius 3 is 2.70 bits per heavy atom. The molecule has 20 heavy (non-hydrogen) atoms. The summed E-state index contributed by atoms with van der Waals surface area (Å²) in [6.07, 6.45) is 2.21. The number of hydrogen-bond acceptors (Lipinski definition) is 3. The second-order valence-corrected chi connectivity index (χ2v) is 6.11. The van der Waals surface area contributed by atoms with E-state index >= 15 is 0 Å². The number of amides is 1. The van der Waals surface area contributed by atoms with Crippen molar-refractivity contribution in [2.24, 2.45) is 5.92 Å². The Morgan fingerprint density at radius 1 is 1.40 bits per heavy atom. The molecular formula is C15H21BrN2O2. The zero-order valence-corrected chi connectivity index (χ0v) is 13.5. The fourth-order valence-electron chi connectivity index (χ4n) is 2.49. The number of nitrogens with one attached hydrogen (secondary N) is 2. The molecule has 5 heteroatoms. The van der Waals surface area contributed by atoms with Crippen LogP contribution in [0.25, 0.3) is 0 Å². The Labute approximate surface area is 128 Å². The Bertz CT molecular complexity index is 473. The summed E-state index contributed by atoms with van der Waals surface area (Å²) in [6, 6.07) is 6.22. The van der Waals surface area contributed by atoms with Gasteiger partial charge in [-0.2, -0.15) is 0 Å². The normalized spacial score (nSPS) is 17.6. The quantitative estimate of drug-likeness (QED) is 0.879. The molecule has 1 aromatic rings. The van der Waals surface area contributed by atoms with E-state index in [-0.39, 0.29) is 5.91 Å². The van der Waals surface area contributed by atoms with Crippen molar-refractivity contribution in [2.45, 2.75) is 32.7 Å². The summed E-state index contributed by atoms with van der Waals surface area (Å²) >= 11 is 3.55. The largest absolute Gasteiger partial charge is 0.381 e. The molecule has 2 rings (SSSR count). The van der Waals surface area contributed by atoms with Gasteiger partial charge in [0.25, 0.3) is 0 Å². The first-order valence-corrected chi connectivity index (χ1v) is 7.77. The van der Waals surface area contributed by atoms with Crippen LogP contribution in [-0.2, 0) is 9.53 Å². The molecule has 1 aromatic carbocycles. The van der Waals surface area contributed by atoms with Crippen LogP contribution in [-0.4, -0.2) is 25.2 Å². The smallest absolute Gasteiger partial charge is 0.221 e. The summed E-state index contributed by atoms with van der Waals surface area (Å²) in [5, 5.41) is 6.32. The summed E-state index contributed by atoms with van der Waals surface area (Å²) in [5.74, 6) is 0.582. The molecule has 1 saturated heterocycles. The van der Waals surface area contributed by atoms with Crippen LogP contribution in [0.1, 0.15) is 26.7 Å². The first-order valence-electron chi connectivity index (χ1n) is 6.97. The Hall–Kier alpha value is -1.07. The van der Waals surface area contributed by atoms with Crippen LogP contribution in [0.3, 0.4) is 0 Å². The number of halogens is 1. The maximum atomic E-state index is 11.0. The minimum atomic E-state index is -0.0619. The molecule has 0 aromatic heterocycles. The van der Waals surface area contributed by atoms with Crippen molar-refractivity contribution < 1.29 is 9.53 Å². The van der Waals surface area contributed by atoms with Gasteiger partial charge in [0.2, 0.25) is 5.91 Å². The van der Waals surface area contributed by atoms with E-state index in [0.717, 1.165) is 41.9 Å². The topological polar surface area (TPSA) is 50.4 Å². The average Bonchev–Trinajstić information content (AvgIpc) is 2.42. The van der Waals surface area contributed by atoms with Crippen LogP contribution in [0.15, 0.2) is 22.7 Å². The van der Waals surface area contributed by atoms with Gasteiger partial charge in [-0.05, 0) is 59.8 Å². The van der Waals surface area contributed by atoms with Gasteiger partial charge in [0, 0.05) is 42.0 Å². The second-order valence-electron chi connectivity index (χ2n) is 5.26. The van der Waals surface area contributed by atoms with Gasteiger partial charge in [0.1, 0.15) is 0 Å². The number of anilines is 2. The van der Waals surface area contributed by atoms with Crippen LogP contribution in [0.5, 0.6) is 0 Å².